The zero-order valence-corrected chi connectivity index (χ0v) is 18.6. The smallest absolute Gasteiger partial charge is 0.108 e. The fourth-order valence-corrected chi connectivity index (χ4v) is 4.01. The molecule has 3 heteroatoms. The van der Waals surface area contributed by atoms with Crippen molar-refractivity contribution in [3.05, 3.63) is 0 Å². The number of nitrogens with one attached hydrogen (secondary N) is 1. The second-order valence-electron chi connectivity index (χ2n) is 8.49. The Morgan fingerprint density at radius 1 is 0.704 bits per heavy atom. The normalized spacial score (nSPS) is 19.8. The van der Waals surface area contributed by atoms with E-state index in [2.05, 4.69) is 12.2 Å². The van der Waals surface area contributed by atoms with Crippen LogP contribution in [0.15, 0.2) is 0 Å². The van der Waals surface area contributed by atoms with Crippen molar-refractivity contribution < 1.29 is 9.47 Å². The molecule has 1 fully saturated rings. The van der Waals surface area contributed by atoms with Gasteiger partial charge in [0.15, 0.2) is 0 Å². The van der Waals surface area contributed by atoms with E-state index in [1.807, 2.05) is 7.05 Å². The molecule has 0 aliphatic carbocycles. The van der Waals surface area contributed by atoms with E-state index in [9.17, 15) is 0 Å². The summed E-state index contributed by atoms with van der Waals surface area (Å²) in [4.78, 5) is 0. The van der Waals surface area contributed by atoms with Gasteiger partial charge < -0.3 is 9.47 Å². The molecule has 0 aromatic rings. The van der Waals surface area contributed by atoms with Crippen LogP contribution in [0, 0.1) is 0 Å². The molecule has 1 N–H and O–H groups in total. The van der Waals surface area contributed by atoms with Gasteiger partial charge in [-0.25, -0.2) is 0 Å². The lowest BCUT2D eigenvalue weighted by molar-refractivity contribution is -0.0236. The monoisotopic (exact) mass is 383 g/mol. The molecule has 1 heterocycles. The zero-order chi connectivity index (χ0) is 19.4. The molecular formula is C24H49NO2. The van der Waals surface area contributed by atoms with E-state index >= 15 is 0 Å². The molecule has 0 amide bonds. The van der Waals surface area contributed by atoms with Gasteiger partial charge in [0.05, 0.1) is 12.7 Å². The fraction of sp³-hybridized carbons (Fsp3) is 1.00. The summed E-state index contributed by atoms with van der Waals surface area (Å²) >= 11 is 0. The van der Waals surface area contributed by atoms with Gasteiger partial charge in [-0.05, 0) is 26.3 Å². The molecule has 3 nitrogen and oxygen atoms in total. The van der Waals surface area contributed by atoms with Crippen LogP contribution in [0.25, 0.3) is 0 Å². The lowest BCUT2D eigenvalue weighted by atomic mass is 10.0. The first-order valence-electron chi connectivity index (χ1n) is 12.3. The molecule has 2 atom stereocenters. The van der Waals surface area contributed by atoms with Crippen molar-refractivity contribution in [2.24, 2.45) is 0 Å². The van der Waals surface area contributed by atoms with E-state index in [1.54, 1.807) is 0 Å². The third-order valence-electron chi connectivity index (χ3n) is 5.88. The predicted octanol–water partition coefficient (Wildman–Crippen LogP) is 6.99. The molecule has 1 aliphatic rings. The minimum absolute atomic E-state index is 0.245. The number of hydrogen-bond donors (Lipinski definition) is 1. The molecule has 1 aliphatic heterocycles. The minimum Gasteiger partial charge on any atom is -0.379 e. The lowest BCUT2D eigenvalue weighted by Gasteiger charge is -2.13. The molecule has 1 unspecified atom stereocenters. The average Bonchev–Trinajstić information content (AvgIpc) is 3.15. The van der Waals surface area contributed by atoms with Crippen molar-refractivity contribution in [2.75, 3.05) is 20.3 Å². The molecule has 0 aromatic heterocycles. The van der Waals surface area contributed by atoms with Crippen molar-refractivity contribution in [1.29, 1.82) is 0 Å². The summed E-state index contributed by atoms with van der Waals surface area (Å²) in [6.45, 7) is 3.97. The van der Waals surface area contributed by atoms with E-state index in [0.717, 1.165) is 26.1 Å². The van der Waals surface area contributed by atoms with Crippen molar-refractivity contribution in [3.8, 4) is 0 Å². The summed E-state index contributed by atoms with van der Waals surface area (Å²) in [5, 5.41) is 3.18. The van der Waals surface area contributed by atoms with Gasteiger partial charge in [0.2, 0.25) is 0 Å². The molecule has 0 saturated carbocycles. The highest BCUT2D eigenvalue weighted by Crippen LogP contribution is 2.18. The summed E-state index contributed by atoms with van der Waals surface area (Å²) < 4.78 is 11.6. The van der Waals surface area contributed by atoms with Crippen LogP contribution in [0.5, 0.6) is 0 Å². The van der Waals surface area contributed by atoms with Crippen LogP contribution in [-0.2, 0) is 9.47 Å². The van der Waals surface area contributed by atoms with Crippen LogP contribution >= 0.6 is 0 Å². The van der Waals surface area contributed by atoms with Gasteiger partial charge in [-0.1, -0.05) is 103 Å². The fourth-order valence-electron chi connectivity index (χ4n) is 4.01. The van der Waals surface area contributed by atoms with Crippen LogP contribution < -0.4 is 5.32 Å². The first-order chi connectivity index (χ1) is 13.4. The number of hydrogen-bond acceptors (Lipinski definition) is 3. The Morgan fingerprint density at radius 3 is 1.63 bits per heavy atom. The highest BCUT2D eigenvalue weighted by molar-refractivity contribution is 4.70. The van der Waals surface area contributed by atoms with Gasteiger partial charge in [-0.3, -0.25) is 5.32 Å². The van der Waals surface area contributed by atoms with Gasteiger partial charge >= 0.3 is 0 Å². The maximum absolute atomic E-state index is 5.81. The van der Waals surface area contributed by atoms with E-state index in [0.29, 0.717) is 6.10 Å². The maximum atomic E-state index is 5.81. The summed E-state index contributed by atoms with van der Waals surface area (Å²) in [6.07, 6.45) is 25.5. The second kappa shape index (κ2) is 19.2. The van der Waals surface area contributed by atoms with Crippen LogP contribution in [0.3, 0.4) is 0 Å². The molecule has 1 rings (SSSR count). The van der Waals surface area contributed by atoms with Crippen molar-refractivity contribution in [1.82, 2.24) is 5.32 Å². The van der Waals surface area contributed by atoms with E-state index in [1.165, 1.54) is 103 Å². The standard InChI is InChI=1S/C24H49NO2/c1-3-4-5-6-7-8-9-10-11-12-13-14-15-16-17-18-21-26-22-23-19-20-24(25-2)27-23/h23-25H,3-22H2,1-2H3/t23?,24-/m0/s1. The molecule has 0 bridgehead atoms. The first-order valence-corrected chi connectivity index (χ1v) is 12.3. The average molecular weight is 384 g/mol. The molecule has 0 radical (unpaired) electrons. The summed E-state index contributed by atoms with van der Waals surface area (Å²) in [5.41, 5.74) is 0. The zero-order valence-electron chi connectivity index (χ0n) is 18.6. The third kappa shape index (κ3) is 15.5. The number of unbranched alkanes of at least 4 members (excludes halogenated alkanes) is 15. The number of ether oxygens (including phenoxy) is 2. The Labute approximate surface area is 170 Å². The highest BCUT2D eigenvalue weighted by atomic mass is 16.5. The Balaban J connectivity index is 1.67. The van der Waals surface area contributed by atoms with Gasteiger partial charge in [-0.15, -0.1) is 0 Å². The summed E-state index contributed by atoms with van der Waals surface area (Å²) in [7, 11) is 1.96. The Bertz CT molecular complexity index is 298. The highest BCUT2D eigenvalue weighted by Gasteiger charge is 2.23. The largest absolute Gasteiger partial charge is 0.379 e. The SMILES string of the molecule is CCCCCCCCCCCCCCCCCCOCC1CC[C@@H](NC)O1. The minimum atomic E-state index is 0.245. The van der Waals surface area contributed by atoms with Crippen LogP contribution in [0.1, 0.15) is 122 Å². The summed E-state index contributed by atoms with van der Waals surface area (Å²) in [5.74, 6) is 0. The Hall–Kier alpha value is -0.120. The van der Waals surface area contributed by atoms with Gasteiger partial charge in [-0.2, -0.15) is 0 Å². The molecule has 0 spiro atoms. The third-order valence-corrected chi connectivity index (χ3v) is 5.88. The quantitative estimate of drug-likeness (QED) is 0.230. The molecule has 0 aromatic carbocycles. The topological polar surface area (TPSA) is 30.5 Å². The predicted molar refractivity (Wildman–Crippen MR) is 117 cm³/mol. The molecule has 162 valence electrons. The lowest BCUT2D eigenvalue weighted by Crippen LogP contribution is -2.26. The van der Waals surface area contributed by atoms with E-state index in [4.69, 9.17) is 9.47 Å². The Morgan fingerprint density at radius 2 is 1.19 bits per heavy atom. The van der Waals surface area contributed by atoms with E-state index < -0.39 is 0 Å². The van der Waals surface area contributed by atoms with Crippen LogP contribution in [0.2, 0.25) is 0 Å². The molecule has 27 heavy (non-hydrogen) atoms. The van der Waals surface area contributed by atoms with Crippen LogP contribution in [0.4, 0.5) is 0 Å². The van der Waals surface area contributed by atoms with Gasteiger partial charge in [0, 0.05) is 6.61 Å². The molecular weight excluding hydrogens is 334 g/mol. The first kappa shape index (κ1) is 24.9. The number of rotatable bonds is 20. The van der Waals surface area contributed by atoms with Crippen LogP contribution in [-0.4, -0.2) is 32.6 Å². The molecule has 1 saturated heterocycles. The second-order valence-corrected chi connectivity index (χ2v) is 8.49. The van der Waals surface area contributed by atoms with Gasteiger partial charge in [0.1, 0.15) is 6.23 Å². The van der Waals surface area contributed by atoms with E-state index in [-0.39, 0.29) is 6.23 Å². The van der Waals surface area contributed by atoms with Gasteiger partial charge in [0.25, 0.3) is 0 Å². The maximum Gasteiger partial charge on any atom is 0.108 e. The van der Waals surface area contributed by atoms with Crippen molar-refractivity contribution in [2.45, 2.75) is 135 Å². The summed E-state index contributed by atoms with van der Waals surface area (Å²) in [6, 6.07) is 0. The Kier molecular flexibility index (Phi) is 17.7. The van der Waals surface area contributed by atoms with Crippen molar-refractivity contribution in [3.63, 3.8) is 0 Å². The van der Waals surface area contributed by atoms with Crippen molar-refractivity contribution >= 4 is 0 Å².